The largest absolute Gasteiger partial charge is 1.00 e. The van der Waals surface area contributed by atoms with Crippen LogP contribution in [0.15, 0.2) is 34.4 Å². The Morgan fingerprint density at radius 2 is 0.938 bits per heavy atom. The summed E-state index contributed by atoms with van der Waals surface area (Å²) in [7, 11) is 0. The van der Waals surface area contributed by atoms with Gasteiger partial charge in [0.2, 0.25) is 0 Å². The molecule has 0 radical (unpaired) electrons. The third kappa shape index (κ3) is 22.3. The zero-order valence-electron chi connectivity index (χ0n) is 21.8. The molecule has 0 fully saturated rings. The molecule has 2 aliphatic rings. The van der Waals surface area contributed by atoms with Gasteiger partial charge in [-0.1, -0.05) is 91.9 Å². The third-order valence-corrected chi connectivity index (χ3v) is 5.14. The van der Waals surface area contributed by atoms with Crippen molar-refractivity contribution in [3.63, 3.8) is 0 Å². The first kappa shape index (κ1) is 37.0. The number of hydrogen-bond acceptors (Lipinski definition) is 0. The molecule has 0 saturated heterocycles. The summed E-state index contributed by atoms with van der Waals surface area (Å²) >= 11 is 2.27. The van der Waals surface area contributed by atoms with E-state index in [4.69, 9.17) is 0 Å². The van der Waals surface area contributed by atoms with E-state index < -0.39 is 0 Å². The van der Waals surface area contributed by atoms with Crippen LogP contribution in [0.4, 0.5) is 0 Å². The van der Waals surface area contributed by atoms with E-state index in [0.29, 0.717) is 0 Å². The first-order chi connectivity index (χ1) is 14.5. The minimum Gasteiger partial charge on any atom is -1.00 e. The van der Waals surface area contributed by atoms with Crippen LogP contribution >= 0.6 is 0 Å². The molecule has 0 atom stereocenters. The Bertz CT molecular complexity index is 538. The molecular formula is C28H48Cl2SiTi-2. The maximum absolute atomic E-state index is 3.47. The Morgan fingerprint density at radius 3 is 1.22 bits per heavy atom. The zero-order valence-corrected chi connectivity index (χ0v) is 25.9. The van der Waals surface area contributed by atoms with Gasteiger partial charge in [0.25, 0.3) is 0 Å². The fourth-order valence-corrected chi connectivity index (χ4v) is 3.34. The molecule has 0 saturated carbocycles. The number of hydrogen-bond donors (Lipinski definition) is 0. The number of allylic oxidation sites excluding steroid dienone is 8. The maximum atomic E-state index is 3.47. The van der Waals surface area contributed by atoms with Gasteiger partial charge in [0.05, 0.1) is 0 Å². The molecule has 0 spiro atoms. The van der Waals surface area contributed by atoms with Crippen molar-refractivity contribution in [1.82, 2.24) is 0 Å². The molecule has 2 aliphatic carbocycles. The van der Waals surface area contributed by atoms with E-state index in [-0.39, 0.29) is 31.0 Å². The Balaban J connectivity index is -0.000000428. The second kappa shape index (κ2) is 26.1. The van der Waals surface area contributed by atoms with Gasteiger partial charge in [-0.05, 0) is 12.8 Å². The number of halogens is 2. The van der Waals surface area contributed by atoms with Crippen molar-refractivity contribution in [2.75, 3.05) is 0 Å². The van der Waals surface area contributed by atoms with Crippen LogP contribution in [0.25, 0.3) is 0 Å². The van der Waals surface area contributed by atoms with Crippen molar-refractivity contribution in [3.8, 4) is 0 Å². The summed E-state index contributed by atoms with van der Waals surface area (Å²) in [4.78, 5) is 0. The van der Waals surface area contributed by atoms with Crippen LogP contribution in [0.3, 0.4) is 0 Å². The molecule has 0 aromatic rings. The van der Waals surface area contributed by atoms with E-state index in [1.54, 1.807) is 11.1 Å². The molecule has 0 aliphatic heterocycles. The topological polar surface area (TPSA) is 0 Å². The second-order valence-electron chi connectivity index (χ2n) is 8.78. The molecule has 2 rings (SSSR count). The van der Waals surface area contributed by atoms with Crippen LogP contribution in [0.1, 0.15) is 118 Å². The first-order valence-electron chi connectivity index (χ1n) is 12.6. The van der Waals surface area contributed by atoms with E-state index >= 15 is 0 Å². The van der Waals surface area contributed by atoms with Gasteiger partial charge in [0.15, 0.2) is 0 Å². The smallest absolute Gasteiger partial charge is 1.00 e. The Labute approximate surface area is 226 Å². The minimum atomic E-state index is 0. The van der Waals surface area contributed by atoms with Crippen molar-refractivity contribution in [2.45, 2.75) is 131 Å². The van der Waals surface area contributed by atoms with Crippen LogP contribution in [0, 0.1) is 12.2 Å². The van der Waals surface area contributed by atoms with Gasteiger partial charge in [-0.3, -0.25) is 12.2 Å². The van der Waals surface area contributed by atoms with Gasteiger partial charge in [0.1, 0.15) is 0 Å². The SMILES string of the molecule is CCCCC1=[C-]CC(CCCC)=C1.CCCCC1=[C-]CC(CCCC)=C1.C[Si](C)=[Ti+2].[Cl-].[Cl-]. The minimum absolute atomic E-state index is 0. The molecule has 0 unspecified atom stereocenters. The van der Waals surface area contributed by atoms with Crippen molar-refractivity contribution in [1.29, 1.82) is 0 Å². The number of unbranched alkanes of at least 4 members (excludes halogenated alkanes) is 4. The van der Waals surface area contributed by atoms with Crippen LogP contribution < -0.4 is 24.8 Å². The van der Waals surface area contributed by atoms with Gasteiger partial charge in [-0.2, -0.15) is 11.1 Å². The van der Waals surface area contributed by atoms with Crippen LogP contribution in [-0.2, 0) is 19.2 Å². The Hall–Kier alpha value is 0.471. The average molecular weight is 532 g/mol. The molecule has 0 N–H and O–H groups in total. The fraction of sp³-hybridized carbons (Fsp3) is 0.714. The molecule has 0 nitrogen and oxygen atoms in total. The van der Waals surface area contributed by atoms with Crippen LogP contribution in [0.2, 0.25) is 13.1 Å². The van der Waals surface area contributed by atoms with E-state index in [2.05, 4.69) is 84.3 Å². The standard InChI is InChI=1S/2C13H21.C2H6Si.2ClH.Ti/c2*1-3-5-7-12-9-10-13(11-12)8-6-4-2;1-3-2;;;/h2*11H,3-9H2,1-2H3;1-2H3;2*1H;/q2*-1;;;;+2/p-2. The summed E-state index contributed by atoms with van der Waals surface area (Å²) in [5.41, 5.74) is 6.14. The molecule has 0 bridgehead atoms. The molecule has 0 aromatic carbocycles. The summed E-state index contributed by atoms with van der Waals surface area (Å²) in [6.45, 7) is 13.5. The molecule has 32 heavy (non-hydrogen) atoms. The average Bonchev–Trinajstić information content (AvgIpc) is 3.37. The van der Waals surface area contributed by atoms with E-state index in [0.717, 1.165) is 12.8 Å². The third-order valence-electron chi connectivity index (χ3n) is 5.14. The molecule has 0 amide bonds. The molecule has 184 valence electrons. The molecular weight excluding hydrogens is 483 g/mol. The predicted octanol–water partition coefficient (Wildman–Crippen LogP) is 3.65. The predicted molar refractivity (Wildman–Crippen MR) is 134 cm³/mol. The van der Waals surface area contributed by atoms with Gasteiger partial charge in [-0.25, -0.2) is 23.3 Å². The van der Waals surface area contributed by atoms with E-state index in [1.165, 1.54) is 88.2 Å². The summed E-state index contributed by atoms with van der Waals surface area (Å²) in [5.74, 6) is 0. The normalized spacial score (nSPS) is 13.8. The summed E-state index contributed by atoms with van der Waals surface area (Å²) < 4.78 is 0. The van der Waals surface area contributed by atoms with Crippen LogP contribution in [-0.4, -0.2) is 6.19 Å². The first-order valence-corrected chi connectivity index (χ1v) is 17.4. The quantitative estimate of drug-likeness (QED) is 0.267. The summed E-state index contributed by atoms with van der Waals surface area (Å²) in [5, 5.41) is 0. The monoisotopic (exact) mass is 530 g/mol. The second-order valence-corrected chi connectivity index (χ2v) is 15.5. The van der Waals surface area contributed by atoms with Crippen molar-refractivity contribution >= 4 is 6.19 Å². The van der Waals surface area contributed by atoms with Crippen molar-refractivity contribution in [2.24, 2.45) is 0 Å². The van der Waals surface area contributed by atoms with Gasteiger partial charge in [-0.15, -0.1) is 12.8 Å². The Kier molecular flexibility index (Phi) is 30.2. The summed E-state index contributed by atoms with van der Waals surface area (Å²) in [6.07, 6.45) is 29.6. The van der Waals surface area contributed by atoms with Gasteiger partial charge in [0, 0.05) is 0 Å². The maximum Gasteiger partial charge on any atom is -1.00 e. The summed E-state index contributed by atoms with van der Waals surface area (Å²) in [6, 6.07) is 0. The molecule has 4 heteroatoms. The number of rotatable bonds is 12. The van der Waals surface area contributed by atoms with Crippen molar-refractivity contribution < 1.29 is 44.0 Å². The van der Waals surface area contributed by atoms with E-state index in [1.807, 2.05) is 0 Å². The Morgan fingerprint density at radius 1 is 0.656 bits per heavy atom. The molecule has 0 aromatic heterocycles. The van der Waals surface area contributed by atoms with Gasteiger partial charge < -0.3 is 24.8 Å². The fourth-order valence-electron chi connectivity index (χ4n) is 3.34. The van der Waals surface area contributed by atoms with E-state index in [9.17, 15) is 0 Å². The zero-order chi connectivity index (χ0) is 22.6. The van der Waals surface area contributed by atoms with Crippen molar-refractivity contribution in [3.05, 3.63) is 46.6 Å². The van der Waals surface area contributed by atoms with Crippen LogP contribution in [0.5, 0.6) is 0 Å². The van der Waals surface area contributed by atoms with Gasteiger partial charge >= 0.3 is 38.5 Å². The molecule has 0 heterocycles.